The highest BCUT2D eigenvalue weighted by molar-refractivity contribution is 6.06. The van der Waals surface area contributed by atoms with Crippen molar-refractivity contribution in [1.29, 1.82) is 0 Å². The Bertz CT molecular complexity index is 374. The van der Waals surface area contributed by atoms with Crippen molar-refractivity contribution < 1.29 is 19.1 Å². The number of nitrogens with zero attached hydrogens (tertiary/aromatic N) is 1. The van der Waals surface area contributed by atoms with Gasteiger partial charge < -0.3 is 10.1 Å². The fraction of sp³-hybridized carbons (Fsp3) is 0.545. The van der Waals surface area contributed by atoms with Crippen LogP contribution in [0.3, 0.4) is 0 Å². The predicted octanol–water partition coefficient (Wildman–Crippen LogP) is 0.436. The smallest absolute Gasteiger partial charge is 0.330 e. The molecular formula is C11H16N2O4. The Morgan fingerprint density at radius 3 is 2.59 bits per heavy atom. The first-order chi connectivity index (χ1) is 7.88. The van der Waals surface area contributed by atoms with Crippen LogP contribution in [0.5, 0.6) is 0 Å². The zero-order valence-corrected chi connectivity index (χ0v) is 10.1. The number of amides is 3. The molecule has 17 heavy (non-hydrogen) atoms. The molecule has 1 aliphatic rings. The summed E-state index contributed by atoms with van der Waals surface area (Å²) in [6.07, 6.45) is 2.63. The summed E-state index contributed by atoms with van der Waals surface area (Å²) < 4.78 is 4.67. The molecule has 0 aromatic carbocycles. The van der Waals surface area contributed by atoms with E-state index >= 15 is 0 Å². The summed E-state index contributed by atoms with van der Waals surface area (Å²) in [5, 5.41) is 2.54. The van der Waals surface area contributed by atoms with Crippen LogP contribution in [-0.4, -0.2) is 41.5 Å². The van der Waals surface area contributed by atoms with Crippen molar-refractivity contribution in [2.24, 2.45) is 0 Å². The van der Waals surface area contributed by atoms with Crippen LogP contribution < -0.4 is 5.32 Å². The number of hydrogen-bond donors (Lipinski definition) is 1. The van der Waals surface area contributed by atoms with Crippen LogP contribution in [-0.2, 0) is 14.3 Å². The lowest BCUT2D eigenvalue weighted by atomic mass is 10.1. The van der Waals surface area contributed by atoms with Crippen molar-refractivity contribution >= 4 is 17.9 Å². The molecule has 6 heteroatoms. The first-order valence-corrected chi connectivity index (χ1v) is 5.36. The van der Waals surface area contributed by atoms with Crippen LogP contribution in [0.25, 0.3) is 0 Å². The van der Waals surface area contributed by atoms with Gasteiger partial charge in [0.1, 0.15) is 5.54 Å². The van der Waals surface area contributed by atoms with Crippen LogP contribution in [0, 0.1) is 0 Å². The number of hydrogen-bond acceptors (Lipinski definition) is 4. The molecule has 0 unspecified atom stereocenters. The maximum atomic E-state index is 11.7. The lowest BCUT2D eigenvalue weighted by Crippen LogP contribution is -2.40. The SMILES string of the molecule is CCOC(=O)/C=C/CN1C(=O)NC(C)(C)C1=O. The highest BCUT2D eigenvalue weighted by Gasteiger charge is 2.43. The normalized spacial score (nSPS) is 18.6. The number of nitrogens with one attached hydrogen (secondary N) is 1. The molecule has 1 rings (SSSR count). The van der Waals surface area contributed by atoms with Gasteiger partial charge in [0.2, 0.25) is 0 Å². The van der Waals surface area contributed by atoms with E-state index in [1.807, 2.05) is 0 Å². The Morgan fingerprint density at radius 2 is 2.12 bits per heavy atom. The summed E-state index contributed by atoms with van der Waals surface area (Å²) in [5.74, 6) is -0.796. The first-order valence-electron chi connectivity index (χ1n) is 5.36. The molecule has 1 aliphatic heterocycles. The minimum Gasteiger partial charge on any atom is -0.463 e. The number of carbonyl (C=O) groups is 3. The van der Waals surface area contributed by atoms with E-state index < -0.39 is 17.5 Å². The van der Waals surface area contributed by atoms with E-state index in [1.54, 1.807) is 20.8 Å². The largest absolute Gasteiger partial charge is 0.463 e. The zero-order chi connectivity index (χ0) is 13.1. The Kier molecular flexibility index (Phi) is 3.88. The topological polar surface area (TPSA) is 75.7 Å². The number of esters is 1. The minimum atomic E-state index is -0.880. The fourth-order valence-electron chi connectivity index (χ4n) is 1.43. The Balaban J connectivity index is 2.56. The van der Waals surface area contributed by atoms with E-state index in [4.69, 9.17) is 0 Å². The van der Waals surface area contributed by atoms with Gasteiger partial charge in [-0.3, -0.25) is 9.69 Å². The summed E-state index contributed by atoms with van der Waals surface area (Å²) in [6, 6.07) is -0.450. The van der Waals surface area contributed by atoms with Gasteiger partial charge in [-0.15, -0.1) is 0 Å². The van der Waals surface area contributed by atoms with E-state index in [1.165, 1.54) is 12.2 Å². The second-order valence-electron chi connectivity index (χ2n) is 4.13. The highest BCUT2D eigenvalue weighted by atomic mass is 16.5. The second-order valence-corrected chi connectivity index (χ2v) is 4.13. The number of urea groups is 1. The summed E-state index contributed by atoms with van der Waals surface area (Å²) >= 11 is 0. The van der Waals surface area contributed by atoms with Gasteiger partial charge in [-0.2, -0.15) is 0 Å². The van der Waals surface area contributed by atoms with E-state index in [-0.39, 0.29) is 12.5 Å². The molecule has 0 radical (unpaired) electrons. The zero-order valence-electron chi connectivity index (χ0n) is 10.1. The highest BCUT2D eigenvalue weighted by Crippen LogP contribution is 2.15. The average molecular weight is 240 g/mol. The molecule has 0 saturated carbocycles. The van der Waals surface area contributed by atoms with Crippen molar-refractivity contribution in [2.75, 3.05) is 13.2 Å². The summed E-state index contributed by atoms with van der Waals surface area (Å²) in [4.78, 5) is 35.2. The van der Waals surface area contributed by atoms with Crippen LogP contribution in [0.2, 0.25) is 0 Å². The molecule has 6 nitrogen and oxygen atoms in total. The van der Waals surface area contributed by atoms with Gasteiger partial charge in [0.05, 0.1) is 6.61 Å². The molecule has 1 fully saturated rings. The van der Waals surface area contributed by atoms with Crippen LogP contribution in [0.1, 0.15) is 20.8 Å². The van der Waals surface area contributed by atoms with Gasteiger partial charge in [0.25, 0.3) is 5.91 Å². The van der Waals surface area contributed by atoms with Gasteiger partial charge in [-0.1, -0.05) is 6.08 Å². The van der Waals surface area contributed by atoms with E-state index in [0.29, 0.717) is 6.61 Å². The number of ether oxygens (including phenoxy) is 1. The van der Waals surface area contributed by atoms with Crippen molar-refractivity contribution in [3.63, 3.8) is 0 Å². The maximum absolute atomic E-state index is 11.7. The number of rotatable bonds is 4. The third kappa shape index (κ3) is 3.05. The lowest BCUT2D eigenvalue weighted by molar-refractivity contribution is -0.137. The molecule has 3 amide bonds. The number of carbonyl (C=O) groups excluding carboxylic acids is 3. The molecule has 0 atom stereocenters. The Labute approximate surface area is 99.6 Å². The number of imide groups is 1. The molecule has 94 valence electrons. The van der Waals surface area contributed by atoms with Crippen molar-refractivity contribution in [3.8, 4) is 0 Å². The fourth-order valence-corrected chi connectivity index (χ4v) is 1.43. The first kappa shape index (κ1) is 13.2. The second kappa shape index (κ2) is 4.99. The molecule has 1 saturated heterocycles. The molecule has 1 heterocycles. The Hall–Kier alpha value is -1.85. The van der Waals surface area contributed by atoms with Crippen LogP contribution in [0.4, 0.5) is 4.79 Å². The molecule has 0 aromatic heterocycles. The van der Waals surface area contributed by atoms with Crippen molar-refractivity contribution in [3.05, 3.63) is 12.2 Å². The van der Waals surface area contributed by atoms with Crippen molar-refractivity contribution in [2.45, 2.75) is 26.3 Å². The molecule has 0 bridgehead atoms. The van der Waals surface area contributed by atoms with Gasteiger partial charge in [0, 0.05) is 12.6 Å². The molecule has 0 aliphatic carbocycles. The predicted molar refractivity (Wildman–Crippen MR) is 60.1 cm³/mol. The van der Waals surface area contributed by atoms with Crippen LogP contribution in [0.15, 0.2) is 12.2 Å². The monoisotopic (exact) mass is 240 g/mol. The summed E-state index contributed by atoms with van der Waals surface area (Å²) in [6.45, 7) is 5.31. The summed E-state index contributed by atoms with van der Waals surface area (Å²) in [7, 11) is 0. The van der Waals surface area contributed by atoms with Gasteiger partial charge in [0.15, 0.2) is 0 Å². The van der Waals surface area contributed by atoms with E-state index in [0.717, 1.165) is 4.90 Å². The van der Waals surface area contributed by atoms with Gasteiger partial charge in [-0.25, -0.2) is 9.59 Å². The van der Waals surface area contributed by atoms with Crippen LogP contribution >= 0.6 is 0 Å². The third-order valence-electron chi connectivity index (χ3n) is 2.27. The quantitative estimate of drug-likeness (QED) is 0.439. The Morgan fingerprint density at radius 1 is 1.47 bits per heavy atom. The van der Waals surface area contributed by atoms with Gasteiger partial charge >= 0.3 is 12.0 Å². The standard InChI is InChI=1S/C11H16N2O4/c1-4-17-8(14)6-5-7-13-9(15)11(2,3)12-10(13)16/h5-6H,4,7H2,1-3H3,(H,12,16)/b6-5+. The third-order valence-corrected chi connectivity index (χ3v) is 2.27. The average Bonchev–Trinajstić information content (AvgIpc) is 2.40. The molecular weight excluding hydrogens is 224 g/mol. The van der Waals surface area contributed by atoms with E-state index in [9.17, 15) is 14.4 Å². The van der Waals surface area contributed by atoms with E-state index in [2.05, 4.69) is 10.1 Å². The lowest BCUT2D eigenvalue weighted by Gasteiger charge is -2.14. The maximum Gasteiger partial charge on any atom is 0.330 e. The molecule has 1 N–H and O–H groups in total. The molecule has 0 aromatic rings. The minimum absolute atomic E-state index is 0.0624. The summed E-state index contributed by atoms with van der Waals surface area (Å²) in [5.41, 5.74) is -0.880. The van der Waals surface area contributed by atoms with Crippen molar-refractivity contribution in [1.82, 2.24) is 10.2 Å². The molecule has 0 spiro atoms. The van der Waals surface area contributed by atoms with Gasteiger partial charge in [-0.05, 0) is 20.8 Å².